The van der Waals surface area contributed by atoms with Crippen molar-refractivity contribution in [2.24, 2.45) is 5.92 Å². The van der Waals surface area contributed by atoms with Crippen LogP contribution in [0.3, 0.4) is 0 Å². The van der Waals surface area contributed by atoms with Gasteiger partial charge in [0, 0.05) is 19.6 Å². The van der Waals surface area contributed by atoms with Gasteiger partial charge in [0.25, 0.3) is 0 Å². The van der Waals surface area contributed by atoms with Crippen LogP contribution in [-0.4, -0.2) is 23.1 Å². The minimum Gasteiger partial charge on any atom is -0.384 e. The number of benzene rings is 2. The molecule has 0 amide bonds. The zero-order valence-electron chi connectivity index (χ0n) is 13.1. The summed E-state index contributed by atoms with van der Waals surface area (Å²) in [5, 5.41) is 20.5. The van der Waals surface area contributed by atoms with Crippen molar-refractivity contribution in [3.63, 3.8) is 0 Å². The molecule has 1 aliphatic rings. The van der Waals surface area contributed by atoms with Crippen molar-refractivity contribution < 1.29 is 13.9 Å². The van der Waals surface area contributed by atoms with Gasteiger partial charge in [-0.3, -0.25) is 4.90 Å². The molecule has 0 saturated carbocycles. The highest BCUT2D eigenvalue weighted by atomic mass is 19.2. The molecule has 0 spiro atoms. The normalized spacial score (nSPS) is 24.5. The monoisotopic (exact) mass is 328 g/mol. The Morgan fingerprint density at radius 1 is 1.17 bits per heavy atom. The maximum Gasteiger partial charge on any atom is 0.159 e. The lowest BCUT2D eigenvalue weighted by Gasteiger charge is -2.42. The van der Waals surface area contributed by atoms with Gasteiger partial charge in [0.1, 0.15) is 5.60 Å². The van der Waals surface area contributed by atoms with Gasteiger partial charge in [-0.15, -0.1) is 0 Å². The number of aliphatic hydroxyl groups is 1. The average molecular weight is 328 g/mol. The third-order valence-corrected chi connectivity index (χ3v) is 4.65. The SMILES string of the molecule is N#C[C@H]1CN(Cc2ccccc2)CC[C@]1(O)c1ccc(F)c(F)c1. The molecule has 0 aliphatic carbocycles. The zero-order valence-corrected chi connectivity index (χ0v) is 13.1. The van der Waals surface area contributed by atoms with Crippen molar-refractivity contribution >= 4 is 0 Å². The van der Waals surface area contributed by atoms with Crippen molar-refractivity contribution in [3.05, 3.63) is 71.3 Å². The van der Waals surface area contributed by atoms with E-state index in [4.69, 9.17) is 0 Å². The molecule has 0 unspecified atom stereocenters. The summed E-state index contributed by atoms with van der Waals surface area (Å²) in [7, 11) is 0. The lowest BCUT2D eigenvalue weighted by atomic mass is 9.76. The maximum absolute atomic E-state index is 13.5. The lowest BCUT2D eigenvalue weighted by Crippen LogP contribution is -2.49. The molecule has 0 aromatic heterocycles. The van der Waals surface area contributed by atoms with Crippen molar-refractivity contribution in [2.75, 3.05) is 13.1 Å². The van der Waals surface area contributed by atoms with E-state index >= 15 is 0 Å². The minimum atomic E-state index is -1.46. The first-order valence-corrected chi connectivity index (χ1v) is 7.87. The molecule has 0 radical (unpaired) electrons. The Hall–Kier alpha value is -2.29. The Bertz CT molecular complexity index is 760. The molecule has 1 N–H and O–H groups in total. The summed E-state index contributed by atoms with van der Waals surface area (Å²) in [6.45, 7) is 1.64. The van der Waals surface area contributed by atoms with Gasteiger partial charge in [0.2, 0.25) is 0 Å². The highest BCUT2D eigenvalue weighted by molar-refractivity contribution is 5.28. The average Bonchev–Trinajstić information content (AvgIpc) is 2.60. The van der Waals surface area contributed by atoms with E-state index in [1.165, 1.54) is 6.07 Å². The number of halogens is 2. The standard InChI is InChI=1S/C19H18F2N2O/c20-17-7-6-15(10-18(17)21)19(24)8-9-23(13-16(19)11-22)12-14-4-2-1-3-5-14/h1-7,10,16,24H,8-9,12-13H2/t16-,19-/m0/s1. The van der Waals surface area contributed by atoms with Gasteiger partial charge in [-0.2, -0.15) is 5.26 Å². The number of hydrogen-bond acceptors (Lipinski definition) is 3. The van der Waals surface area contributed by atoms with Crippen LogP contribution in [0.4, 0.5) is 8.78 Å². The van der Waals surface area contributed by atoms with E-state index in [-0.39, 0.29) is 5.56 Å². The van der Waals surface area contributed by atoms with Gasteiger partial charge >= 0.3 is 0 Å². The fourth-order valence-electron chi connectivity index (χ4n) is 3.25. The molecule has 2 atom stereocenters. The van der Waals surface area contributed by atoms with Crippen molar-refractivity contribution in [3.8, 4) is 6.07 Å². The topological polar surface area (TPSA) is 47.3 Å². The summed E-state index contributed by atoms with van der Waals surface area (Å²) in [6, 6.07) is 15.4. The summed E-state index contributed by atoms with van der Waals surface area (Å²) in [6.07, 6.45) is 0.295. The molecule has 124 valence electrons. The third-order valence-electron chi connectivity index (χ3n) is 4.65. The third kappa shape index (κ3) is 3.16. The van der Waals surface area contributed by atoms with Crippen LogP contribution >= 0.6 is 0 Å². The van der Waals surface area contributed by atoms with Gasteiger partial charge < -0.3 is 5.11 Å². The van der Waals surface area contributed by atoms with Crippen molar-refractivity contribution in [2.45, 2.75) is 18.6 Å². The summed E-state index contributed by atoms with van der Waals surface area (Å²) in [5.41, 5.74) is -0.0732. The van der Waals surface area contributed by atoms with Crippen molar-refractivity contribution in [1.29, 1.82) is 5.26 Å². The number of hydrogen-bond donors (Lipinski definition) is 1. The van der Waals surface area contributed by atoms with Crippen LogP contribution in [0, 0.1) is 28.9 Å². The van der Waals surface area contributed by atoms with Crippen LogP contribution in [0.1, 0.15) is 17.5 Å². The van der Waals surface area contributed by atoms with E-state index in [2.05, 4.69) is 11.0 Å². The van der Waals surface area contributed by atoms with E-state index in [0.29, 0.717) is 26.1 Å². The molecule has 1 aliphatic heterocycles. The lowest BCUT2D eigenvalue weighted by molar-refractivity contribution is -0.0591. The number of piperidine rings is 1. The Morgan fingerprint density at radius 3 is 2.58 bits per heavy atom. The molecule has 1 fully saturated rings. The molecular formula is C19H18F2N2O. The number of rotatable bonds is 3. The predicted octanol–water partition coefficient (Wildman–Crippen LogP) is 3.20. The molecule has 24 heavy (non-hydrogen) atoms. The Balaban J connectivity index is 1.79. The van der Waals surface area contributed by atoms with Crippen LogP contribution in [0.5, 0.6) is 0 Å². The Morgan fingerprint density at radius 2 is 1.92 bits per heavy atom. The molecule has 2 aromatic carbocycles. The number of likely N-dealkylation sites (tertiary alicyclic amines) is 1. The smallest absolute Gasteiger partial charge is 0.159 e. The van der Waals surface area contributed by atoms with Gasteiger partial charge in [0.05, 0.1) is 12.0 Å². The van der Waals surface area contributed by atoms with E-state index in [1.807, 2.05) is 30.3 Å². The first-order valence-electron chi connectivity index (χ1n) is 7.87. The van der Waals surface area contributed by atoms with E-state index in [0.717, 1.165) is 17.7 Å². The van der Waals surface area contributed by atoms with Crippen LogP contribution in [0.2, 0.25) is 0 Å². The van der Waals surface area contributed by atoms with E-state index < -0.39 is 23.2 Å². The second kappa shape index (κ2) is 6.68. The minimum absolute atomic E-state index is 0.257. The van der Waals surface area contributed by atoms with E-state index in [1.54, 1.807) is 0 Å². The second-order valence-corrected chi connectivity index (χ2v) is 6.21. The maximum atomic E-state index is 13.5. The van der Waals surface area contributed by atoms with Crippen LogP contribution in [-0.2, 0) is 12.1 Å². The van der Waals surface area contributed by atoms with Crippen LogP contribution < -0.4 is 0 Å². The summed E-state index contributed by atoms with van der Waals surface area (Å²) in [5.74, 6) is -2.68. The van der Waals surface area contributed by atoms with Crippen molar-refractivity contribution in [1.82, 2.24) is 4.90 Å². The molecule has 1 saturated heterocycles. The van der Waals surface area contributed by atoms with Crippen LogP contribution in [0.25, 0.3) is 0 Å². The highest BCUT2D eigenvalue weighted by Crippen LogP contribution is 2.38. The number of nitriles is 1. The molecular weight excluding hydrogens is 310 g/mol. The largest absolute Gasteiger partial charge is 0.384 e. The Labute approximate surface area is 139 Å². The molecule has 2 aromatic rings. The summed E-state index contributed by atoms with van der Waals surface area (Å²) >= 11 is 0. The van der Waals surface area contributed by atoms with Gasteiger partial charge in [-0.05, 0) is 29.7 Å². The van der Waals surface area contributed by atoms with Crippen LogP contribution in [0.15, 0.2) is 48.5 Å². The second-order valence-electron chi connectivity index (χ2n) is 6.21. The molecule has 0 bridgehead atoms. The van der Waals surface area contributed by atoms with Gasteiger partial charge in [0.15, 0.2) is 11.6 Å². The fourth-order valence-corrected chi connectivity index (χ4v) is 3.25. The first-order chi connectivity index (χ1) is 11.5. The summed E-state index contributed by atoms with van der Waals surface area (Å²) in [4.78, 5) is 2.09. The van der Waals surface area contributed by atoms with E-state index in [9.17, 15) is 19.1 Å². The predicted molar refractivity (Wildman–Crippen MR) is 85.7 cm³/mol. The van der Waals surface area contributed by atoms with Gasteiger partial charge in [-0.25, -0.2) is 8.78 Å². The summed E-state index contributed by atoms with van der Waals surface area (Å²) < 4.78 is 26.7. The number of nitrogens with zero attached hydrogens (tertiary/aromatic N) is 2. The van der Waals surface area contributed by atoms with Gasteiger partial charge in [-0.1, -0.05) is 36.4 Å². The first kappa shape index (κ1) is 16.6. The quantitative estimate of drug-likeness (QED) is 0.941. The Kier molecular flexibility index (Phi) is 4.61. The molecule has 5 heteroatoms. The molecule has 3 rings (SSSR count). The molecule has 3 nitrogen and oxygen atoms in total. The zero-order chi connectivity index (χ0) is 17.2. The fraction of sp³-hybridized carbons (Fsp3) is 0.316. The highest BCUT2D eigenvalue weighted by Gasteiger charge is 2.43. The molecule has 1 heterocycles.